The van der Waals surface area contributed by atoms with Gasteiger partial charge in [-0.25, -0.2) is 4.79 Å². The van der Waals surface area contributed by atoms with E-state index in [1.165, 1.54) is 7.11 Å². The summed E-state index contributed by atoms with van der Waals surface area (Å²) in [5.74, 6) is 0. The van der Waals surface area contributed by atoms with Gasteiger partial charge in [0.1, 0.15) is 6.61 Å². The molecule has 0 aliphatic heterocycles. The Morgan fingerprint density at radius 2 is 2.27 bits per heavy atom. The molecular formula is C6H13NO4. The number of rotatable bonds is 5. The van der Waals surface area contributed by atoms with Crippen molar-refractivity contribution in [2.45, 2.75) is 13.2 Å². The Morgan fingerprint density at radius 1 is 1.64 bits per heavy atom. The van der Waals surface area contributed by atoms with Crippen molar-refractivity contribution in [3.8, 4) is 0 Å². The second-order valence-electron chi connectivity index (χ2n) is 1.75. The molecule has 0 rings (SSSR count). The molecule has 0 saturated carbocycles. The molecule has 0 saturated heterocycles. The van der Waals surface area contributed by atoms with E-state index in [4.69, 9.17) is 15.2 Å². The topological polar surface area (TPSA) is 70.8 Å². The molecule has 0 radical (unpaired) electrons. The number of hydrogen-bond donors (Lipinski definition) is 1. The van der Waals surface area contributed by atoms with Crippen LogP contribution in [0.25, 0.3) is 0 Å². The first-order valence-electron chi connectivity index (χ1n) is 3.27. The maximum atomic E-state index is 10.1. The van der Waals surface area contributed by atoms with Crippen LogP contribution in [0.4, 0.5) is 4.79 Å². The van der Waals surface area contributed by atoms with Crippen LogP contribution in [0, 0.1) is 0 Å². The molecule has 5 heteroatoms. The SMILES string of the molecule is CCOC(COC(N)=O)OC. The summed E-state index contributed by atoms with van der Waals surface area (Å²) in [5, 5.41) is 0. The van der Waals surface area contributed by atoms with Crippen molar-refractivity contribution in [3.63, 3.8) is 0 Å². The molecule has 1 atom stereocenters. The Morgan fingerprint density at radius 3 is 2.64 bits per heavy atom. The van der Waals surface area contributed by atoms with Crippen LogP contribution in [-0.2, 0) is 14.2 Å². The van der Waals surface area contributed by atoms with Crippen molar-refractivity contribution in [3.05, 3.63) is 0 Å². The predicted octanol–water partition coefficient (Wildman–Crippen LogP) is 0.0907. The first kappa shape index (κ1) is 10.2. The van der Waals surface area contributed by atoms with E-state index in [9.17, 15) is 4.79 Å². The highest BCUT2D eigenvalue weighted by molar-refractivity contribution is 5.64. The molecule has 0 bridgehead atoms. The molecule has 0 fully saturated rings. The minimum atomic E-state index is -0.827. The number of hydrogen-bond acceptors (Lipinski definition) is 4. The summed E-state index contributed by atoms with van der Waals surface area (Å²) in [5.41, 5.74) is 4.72. The number of carbonyl (C=O) groups is 1. The summed E-state index contributed by atoms with van der Waals surface area (Å²) in [7, 11) is 1.46. The monoisotopic (exact) mass is 163 g/mol. The standard InChI is InChI=1S/C6H13NO4/c1-3-10-5(9-2)4-11-6(7)8/h5H,3-4H2,1-2H3,(H2,7,8). The summed E-state index contributed by atoms with van der Waals surface area (Å²) >= 11 is 0. The first-order chi connectivity index (χ1) is 5.20. The lowest BCUT2D eigenvalue weighted by atomic mass is 10.6. The van der Waals surface area contributed by atoms with Crippen LogP contribution in [-0.4, -0.2) is 32.7 Å². The van der Waals surface area contributed by atoms with E-state index >= 15 is 0 Å². The Balaban J connectivity index is 3.43. The number of ether oxygens (including phenoxy) is 3. The molecule has 11 heavy (non-hydrogen) atoms. The van der Waals surface area contributed by atoms with Crippen LogP contribution >= 0.6 is 0 Å². The van der Waals surface area contributed by atoms with Gasteiger partial charge in [-0.1, -0.05) is 0 Å². The Bertz CT molecular complexity index is 117. The fraction of sp³-hybridized carbons (Fsp3) is 0.833. The second-order valence-corrected chi connectivity index (χ2v) is 1.75. The molecule has 1 unspecified atom stereocenters. The maximum absolute atomic E-state index is 10.1. The molecule has 0 heterocycles. The average Bonchev–Trinajstić information content (AvgIpc) is 1.97. The van der Waals surface area contributed by atoms with E-state index in [0.29, 0.717) is 6.61 Å². The van der Waals surface area contributed by atoms with E-state index in [0.717, 1.165) is 0 Å². The third-order valence-corrected chi connectivity index (χ3v) is 0.977. The molecule has 0 aliphatic rings. The van der Waals surface area contributed by atoms with Crippen LogP contribution < -0.4 is 5.73 Å². The van der Waals surface area contributed by atoms with Gasteiger partial charge in [0.05, 0.1) is 0 Å². The summed E-state index contributed by atoms with van der Waals surface area (Å²) in [6.45, 7) is 2.34. The smallest absolute Gasteiger partial charge is 0.404 e. The number of nitrogens with two attached hydrogens (primary N) is 1. The van der Waals surface area contributed by atoms with E-state index in [2.05, 4.69) is 4.74 Å². The molecule has 0 aromatic heterocycles. The molecule has 1 amide bonds. The molecule has 5 nitrogen and oxygen atoms in total. The molecule has 0 aromatic rings. The minimum absolute atomic E-state index is 0.0275. The summed E-state index contributed by atoms with van der Waals surface area (Å²) in [6.07, 6.45) is -1.35. The van der Waals surface area contributed by atoms with Crippen LogP contribution in [0.2, 0.25) is 0 Å². The molecular weight excluding hydrogens is 150 g/mol. The van der Waals surface area contributed by atoms with Gasteiger partial charge in [0, 0.05) is 13.7 Å². The van der Waals surface area contributed by atoms with Crippen molar-refractivity contribution >= 4 is 6.09 Å². The second kappa shape index (κ2) is 5.94. The Labute approximate surface area is 65.4 Å². The van der Waals surface area contributed by atoms with Gasteiger partial charge >= 0.3 is 6.09 Å². The van der Waals surface area contributed by atoms with E-state index < -0.39 is 12.4 Å². The summed E-state index contributed by atoms with van der Waals surface area (Å²) in [6, 6.07) is 0. The van der Waals surface area contributed by atoms with Crippen LogP contribution in [0.5, 0.6) is 0 Å². The van der Waals surface area contributed by atoms with Crippen molar-refractivity contribution in [2.24, 2.45) is 5.73 Å². The number of methoxy groups -OCH3 is 1. The van der Waals surface area contributed by atoms with Gasteiger partial charge < -0.3 is 19.9 Å². The number of primary amides is 1. The first-order valence-corrected chi connectivity index (χ1v) is 3.27. The zero-order chi connectivity index (χ0) is 8.69. The molecule has 2 N–H and O–H groups in total. The van der Waals surface area contributed by atoms with Crippen molar-refractivity contribution in [1.29, 1.82) is 0 Å². The highest BCUT2D eigenvalue weighted by Crippen LogP contribution is 1.93. The third-order valence-electron chi connectivity index (χ3n) is 0.977. The lowest BCUT2D eigenvalue weighted by Crippen LogP contribution is -2.26. The zero-order valence-electron chi connectivity index (χ0n) is 6.70. The van der Waals surface area contributed by atoms with Gasteiger partial charge in [-0.2, -0.15) is 0 Å². The summed E-state index contributed by atoms with van der Waals surface area (Å²) < 4.78 is 14.2. The van der Waals surface area contributed by atoms with Crippen molar-refractivity contribution < 1.29 is 19.0 Å². The quantitative estimate of drug-likeness (QED) is 0.583. The van der Waals surface area contributed by atoms with Crippen molar-refractivity contribution in [2.75, 3.05) is 20.3 Å². The largest absolute Gasteiger partial charge is 0.444 e. The fourth-order valence-electron chi connectivity index (χ4n) is 0.520. The lowest BCUT2D eigenvalue weighted by Gasteiger charge is -2.13. The van der Waals surface area contributed by atoms with Crippen molar-refractivity contribution in [1.82, 2.24) is 0 Å². The maximum Gasteiger partial charge on any atom is 0.404 e. The third kappa shape index (κ3) is 5.63. The van der Waals surface area contributed by atoms with Crippen LogP contribution in [0.1, 0.15) is 6.92 Å². The minimum Gasteiger partial charge on any atom is -0.444 e. The highest BCUT2D eigenvalue weighted by atomic mass is 16.7. The van der Waals surface area contributed by atoms with Crippen LogP contribution in [0.15, 0.2) is 0 Å². The predicted molar refractivity (Wildman–Crippen MR) is 38.0 cm³/mol. The molecule has 66 valence electrons. The van der Waals surface area contributed by atoms with Gasteiger partial charge in [-0.3, -0.25) is 0 Å². The Kier molecular flexibility index (Phi) is 5.50. The molecule has 0 aliphatic carbocycles. The van der Waals surface area contributed by atoms with Gasteiger partial charge in [-0.05, 0) is 6.92 Å². The molecule has 0 spiro atoms. The summed E-state index contributed by atoms with van der Waals surface area (Å²) in [4.78, 5) is 10.1. The average molecular weight is 163 g/mol. The van der Waals surface area contributed by atoms with Gasteiger partial charge in [0.2, 0.25) is 0 Å². The van der Waals surface area contributed by atoms with E-state index in [1.54, 1.807) is 0 Å². The van der Waals surface area contributed by atoms with E-state index in [-0.39, 0.29) is 6.61 Å². The fourth-order valence-corrected chi connectivity index (χ4v) is 0.520. The van der Waals surface area contributed by atoms with Crippen LogP contribution in [0.3, 0.4) is 0 Å². The number of amides is 1. The van der Waals surface area contributed by atoms with Gasteiger partial charge in [-0.15, -0.1) is 0 Å². The lowest BCUT2D eigenvalue weighted by molar-refractivity contribution is -0.142. The van der Waals surface area contributed by atoms with Gasteiger partial charge in [0.15, 0.2) is 6.29 Å². The van der Waals surface area contributed by atoms with E-state index in [1.807, 2.05) is 6.92 Å². The highest BCUT2D eigenvalue weighted by Gasteiger charge is 2.07. The Hall–Kier alpha value is -0.810. The zero-order valence-corrected chi connectivity index (χ0v) is 6.70. The molecule has 0 aromatic carbocycles. The van der Waals surface area contributed by atoms with Gasteiger partial charge in [0.25, 0.3) is 0 Å². The normalized spacial score (nSPS) is 12.5. The number of carbonyl (C=O) groups excluding carboxylic acids is 1.